The standard InChI is InChI=1S/C32H55NO6/c1-4-5-8-15-25(38-31-18-11-13-22-36-31)20-21-26-27(16-9-6-7-10-17-30(35)33(2)3)29(24-28(26)34)39-32-19-12-14-23-37-32/h20-21,25-27,29,31-32H,4-19,22-24H2,1-3H3/t25-,26+,27+,29-,31?,32?/m0/s1. The molecule has 0 N–H and O–H groups in total. The normalized spacial score (nSPS) is 28.7. The molecule has 224 valence electrons. The van der Waals surface area contributed by atoms with E-state index < -0.39 is 0 Å². The van der Waals surface area contributed by atoms with Crippen molar-refractivity contribution >= 4 is 11.7 Å². The predicted molar refractivity (Wildman–Crippen MR) is 153 cm³/mol. The molecule has 2 unspecified atom stereocenters. The molecule has 3 rings (SSSR count). The zero-order valence-corrected chi connectivity index (χ0v) is 25.0. The largest absolute Gasteiger partial charge is 0.353 e. The van der Waals surface area contributed by atoms with Gasteiger partial charge in [-0.2, -0.15) is 0 Å². The van der Waals surface area contributed by atoms with E-state index in [2.05, 4.69) is 19.1 Å². The fourth-order valence-corrected chi connectivity index (χ4v) is 6.03. The SMILES string of the molecule is CCCCC[C@@H](C=C[C@H]1C(=O)C[C@H](OC2CCCCO2)[C@@H]1CCCCCCC(=O)N(C)C)OC1CCCCO1. The molecule has 0 aromatic carbocycles. The summed E-state index contributed by atoms with van der Waals surface area (Å²) in [5.41, 5.74) is 0. The second kappa shape index (κ2) is 18.2. The fourth-order valence-electron chi connectivity index (χ4n) is 6.03. The number of ether oxygens (including phenoxy) is 4. The van der Waals surface area contributed by atoms with Gasteiger partial charge in [0, 0.05) is 46.1 Å². The second-order valence-electron chi connectivity index (χ2n) is 11.9. The van der Waals surface area contributed by atoms with E-state index in [9.17, 15) is 9.59 Å². The summed E-state index contributed by atoms with van der Waals surface area (Å²) in [4.78, 5) is 26.8. The third-order valence-corrected chi connectivity index (χ3v) is 8.44. The van der Waals surface area contributed by atoms with Crippen LogP contribution in [-0.2, 0) is 28.5 Å². The number of carbonyl (C=O) groups excluding carboxylic acids is 2. The zero-order valence-electron chi connectivity index (χ0n) is 25.0. The van der Waals surface area contributed by atoms with Gasteiger partial charge in [0.05, 0.1) is 12.2 Å². The van der Waals surface area contributed by atoms with E-state index >= 15 is 0 Å². The van der Waals surface area contributed by atoms with Crippen LogP contribution in [0.2, 0.25) is 0 Å². The van der Waals surface area contributed by atoms with Gasteiger partial charge in [0.1, 0.15) is 5.78 Å². The molecule has 0 radical (unpaired) electrons. The van der Waals surface area contributed by atoms with Gasteiger partial charge in [-0.1, -0.05) is 57.6 Å². The summed E-state index contributed by atoms with van der Waals surface area (Å²) in [7, 11) is 3.62. The Kier molecular flexibility index (Phi) is 15.1. The molecule has 0 aromatic rings. The highest BCUT2D eigenvalue weighted by Crippen LogP contribution is 2.38. The third-order valence-electron chi connectivity index (χ3n) is 8.44. The van der Waals surface area contributed by atoms with Crippen LogP contribution in [0.15, 0.2) is 12.2 Å². The molecule has 0 aromatic heterocycles. The molecule has 1 saturated carbocycles. The number of nitrogens with zero attached hydrogens (tertiary/aromatic N) is 1. The molecule has 3 aliphatic rings. The number of hydrogen-bond donors (Lipinski definition) is 0. The van der Waals surface area contributed by atoms with Crippen LogP contribution in [0.25, 0.3) is 0 Å². The Morgan fingerprint density at radius 1 is 0.974 bits per heavy atom. The molecule has 2 saturated heterocycles. The van der Waals surface area contributed by atoms with Crippen LogP contribution in [0.4, 0.5) is 0 Å². The van der Waals surface area contributed by atoms with Gasteiger partial charge in [-0.3, -0.25) is 9.59 Å². The molecule has 7 heteroatoms. The highest BCUT2D eigenvalue weighted by molar-refractivity contribution is 5.86. The Morgan fingerprint density at radius 3 is 2.36 bits per heavy atom. The Labute approximate surface area is 237 Å². The average Bonchev–Trinajstić information content (AvgIpc) is 3.23. The number of allylic oxidation sites excluding steroid dienone is 1. The topological polar surface area (TPSA) is 74.3 Å². The molecule has 2 aliphatic heterocycles. The van der Waals surface area contributed by atoms with Crippen molar-refractivity contribution in [1.82, 2.24) is 4.90 Å². The molecule has 3 fully saturated rings. The predicted octanol–water partition coefficient (Wildman–Crippen LogP) is 6.58. The maximum absolute atomic E-state index is 13.3. The summed E-state index contributed by atoms with van der Waals surface area (Å²) >= 11 is 0. The van der Waals surface area contributed by atoms with E-state index in [0.29, 0.717) is 12.8 Å². The summed E-state index contributed by atoms with van der Waals surface area (Å²) in [6.45, 7) is 3.73. The van der Waals surface area contributed by atoms with Crippen molar-refractivity contribution in [1.29, 1.82) is 0 Å². The Balaban J connectivity index is 1.60. The molecule has 1 aliphatic carbocycles. The molecule has 39 heavy (non-hydrogen) atoms. The van der Waals surface area contributed by atoms with E-state index in [1.54, 1.807) is 4.90 Å². The van der Waals surface area contributed by atoms with Gasteiger partial charge in [0.2, 0.25) is 5.91 Å². The molecule has 2 heterocycles. The van der Waals surface area contributed by atoms with E-state index in [-0.39, 0.29) is 48.3 Å². The maximum atomic E-state index is 13.3. The highest BCUT2D eigenvalue weighted by Gasteiger charge is 2.42. The minimum atomic E-state index is -0.188. The van der Waals surface area contributed by atoms with Crippen LogP contribution in [0.5, 0.6) is 0 Å². The monoisotopic (exact) mass is 549 g/mol. The van der Waals surface area contributed by atoms with Gasteiger partial charge in [0.25, 0.3) is 0 Å². The fraction of sp³-hybridized carbons (Fsp3) is 0.875. The van der Waals surface area contributed by atoms with E-state index in [4.69, 9.17) is 18.9 Å². The van der Waals surface area contributed by atoms with Gasteiger partial charge in [0.15, 0.2) is 12.6 Å². The lowest BCUT2D eigenvalue weighted by Crippen LogP contribution is -2.31. The number of hydrogen-bond acceptors (Lipinski definition) is 6. The number of unbranched alkanes of at least 4 members (excludes halogenated alkanes) is 5. The first kappa shape index (κ1) is 32.2. The summed E-state index contributed by atoms with van der Waals surface area (Å²) in [5, 5.41) is 0. The van der Waals surface area contributed by atoms with Crippen molar-refractivity contribution in [2.45, 2.75) is 141 Å². The molecule has 6 atom stereocenters. The van der Waals surface area contributed by atoms with Gasteiger partial charge in [-0.05, 0) is 63.7 Å². The molecular weight excluding hydrogens is 494 g/mol. The number of ketones is 1. The first-order valence-electron chi connectivity index (χ1n) is 15.9. The maximum Gasteiger partial charge on any atom is 0.222 e. The van der Waals surface area contributed by atoms with Gasteiger partial charge < -0.3 is 23.8 Å². The van der Waals surface area contributed by atoms with E-state index in [1.807, 2.05) is 14.1 Å². The smallest absolute Gasteiger partial charge is 0.222 e. The lowest BCUT2D eigenvalue weighted by molar-refractivity contribution is -0.195. The summed E-state index contributed by atoms with van der Waals surface area (Å²) in [5.74, 6) is 0.482. The Morgan fingerprint density at radius 2 is 1.69 bits per heavy atom. The minimum absolute atomic E-state index is 0.0241. The Hall–Kier alpha value is -1.28. The van der Waals surface area contributed by atoms with Crippen molar-refractivity contribution in [3.63, 3.8) is 0 Å². The van der Waals surface area contributed by atoms with E-state index in [1.165, 1.54) is 12.8 Å². The van der Waals surface area contributed by atoms with Gasteiger partial charge in [-0.25, -0.2) is 0 Å². The Bertz CT molecular complexity index is 728. The van der Waals surface area contributed by atoms with Crippen molar-refractivity contribution in [2.75, 3.05) is 27.3 Å². The lowest BCUT2D eigenvalue weighted by atomic mass is 9.88. The third kappa shape index (κ3) is 11.6. The second-order valence-corrected chi connectivity index (χ2v) is 11.9. The molecule has 1 amide bonds. The average molecular weight is 550 g/mol. The van der Waals surface area contributed by atoms with Crippen LogP contribution >= 0.6 is 0 Å². The number of carbonyl (C=O) groups is 2. The molecular formula is C32H55NO6. The number of Topliss-reactive ketones (excluding diaryl/α,β-unsaturated/α-hetero) is 1. The molecule has 0 bridgehead atoms. The first-order chi connectivity index (χ1) is 19.0. The van der Waals surface area contributed by atoms with Crippen molar-refractivity contribution in [2.24, 2.45) is 11.8 Å². The summed E-state index contributed by atoms with van der Waals surface area (Å²) in [6.07, 6.45) is 20.6. The van der Waals surface area contributed by atoms with Crippen LogP contribution < -0.4 is 0 Å². The zero-order chi connectivity index (χ0) is 27.9. The lowest BCUT2D eigenvalue weighted by Gasteiger charge is -2.30. The number of amides is 1. The quantitative estimate of drug-likeness (QED) is 0.151. The van der Waals surface area contributed by atoms with Gasteiger partial charge in [-0.15, -0.1) is 0 Å². The van der Waals surface area contributed by atoms with Crippen LogP contribution in [0.1, 0.15) is 116 Å². The number of rotatable bonds is 17. The summed E-state index contributed by atoms with van der Waals surface area (Å²) < 4.78 is 24.5. The van der Waals surface area contributed by atoms with Crippen molar-refractivity contribution < 1.29 is 28.5 Å². The van der Waals surface area contributed by atoms with Gasteiger partial charge >= 0.3 is 0 Å². The minimum Gasteiger partial charge on any atom is -0.353 e. The van der Waals surface area contributed by atoms with Crippen LogP contribution in [0, 0.1) is 11.8 Å². The summed E-state index contributed by atoms with van der Waals surface area (Å²) in [6, 6.07) is 0. The van der Waals surface area contributed by atoms with Crippen molar-refractivity contribution in [3.05, 3.63) is 12.2 Å². The van der Waals surface area contributed by atoms with Crippen LogP contribution in [0.3, 0.4) is 0 Å². The molecule has 7 nitrogen and oxygen atoms in total. The molecule has 0 spiro atoms. The van der Waals surface area contributed by atoms with Crippen molar-refractivity contribution in [3.8, 4) is 0 Å². The van der Waals surface area contributed by atoms with E-state index in [0.717, 1.165) is 96.7 Å². The first-order valence-corrected chi connectivity index (χ1v) is 15.9. The van der Waals surface area contributed by atoms with Crippen LogP contribution in [-0.4, -0.2) is 68.7 Å². The highest BCUT2D eigenvalue weighted by atomic mass is 16.7.